The second-order valence-corrected chi connectivity index (χ2v) is 12.8. The number of hydrogen-bond donors (Lipinski definition) is 0. The lowest BCUT2D eigenvalue weighted by molar-refractivity contribution is -0.123. The van der Waals surface area contributed by atoms with Crippen molar-refractivity contribution in [1.82, 2.24) is 0 Å². The summed E-state index contributed by atoms with van der Waals surface area (Å²) in [6.07, 6.45) is 32.8. The number of Topliss-reactive ketones (excluding diaryl/α,β-unsaturated/α-hetero) is 4. The zero-order valence-corrected chi connectivity index (χ0v) is 25.4. The van der Waals surface area contributed by atoms with Crippen LogP contribution in [0.2, 0.25) is 0 Å². The molecule has 6 rings (SSSR count). The highest BCUT2D eigenvalue weighted by Gasteiger charge is 2.26. The first-order valence-corrected chi connectivity index (χ1v) is 17.0. The van der Waals surface area contributed by atoms with Gasteiger partial charge in [-0.1, -0.05) is 42.9 Å². The Morgan fingerprint density at radius 3 is 1.43 bits per heavy atom. The van der Waals surface area contributed by atoms with E-state index in [4.69, 9.17) is 0 Å². The molecule has 5 fully saturated rings. The van der Waals surface area contributed by atoms with E-state index in [2.05, 4.69) is 6.08 Å². The van der Waals surface area contributed by atoms with E-state index in [9.17, 15) is 19.2 Å². The average molecular weight is 553 g/mol. The molecule has 0 heterocycles. The molecule has 0 aromatic rings. The second kappa shape index (κ2) is 19.3. The molecule has 0 spiro atoms. The third-order valence-corrected chi connectivity index (χ3v) is 9.45. The molecule has 0 bridgehead atoms. The van der Waals surface area contributed by atoms with Crippen LogP contribution in [0.3, 0.4) is 0 Å². The molecule has 0 amide bonds. The van der Waals surface area contributed by atoms with Crippen molar-refractivity contribution in [1.29, 1.82) is 0 Å². The van der Waals surface area contributed by atoms with Crippen LogP contribution >= 0.6 is 0 Å². The van der Waals surface area contributed by atoms with Crippen molar-refractivity contribution in [3.8, 4) is 0 Å². The number of carbonyl (C=O) groups is 4. The molecule has 1 atom stereocenters. The fraction of sp³-hybridized carbons (Fsp3) is 0.778. The van der Waals surface area contributed by atoms with Gasteiger partial charge in [0.2, 0.25) is 0 Å². The summed E-state index contributed by atoms with van der Waals surface area (Å²) in [6, 6.07) is 0. The lowest BCUT2D eigenvalue weighted by Crippen LogP contribution is -2.21. The van der Waals surface area contributed by atoms with Gasteiger partial charge >= 0.3 is 0 Å². The molecular formula is C36H56O4. The van der Waals surface area contributed by atoms with Gasteiger partial charge in [-0.25, -0.2) is 0 Å². The van der Waals surface area contributed by atoms with Crippen LogP contribution in [-0.4, -0.2) is 23.1 Å². The fourth-order valence-corrected chi connectivity index (χ4v) is 6.98. The summed E-state index contributed by atoms with van der Waals surface area (Å²) in [5, 5.41) is 0. The highest BCUT2D eigenvalue weighted by Crippen LogP contribution is 2.33. The quantitative estimate of drug-likeness (QED) is 0.240. The maximum atomic E-state index is 11.7. The standard InChI is InChI=1S/2C12H18O.2C6H10O/c2*13-12-9-5-4-8-11(12)10-6-2-1-3-7-10;2*7-6-4-2-1-3-5-6/h1-9H2;6,11H,1-5,7-9H2;2*1-5H2. The van der Waals surface area contributed by atoms with Crippen molar-refractivity contribution in [3.63, 3.8) is 0 Å². The van der Waals surface area contributed by atoms with E-state index < -0.39 is 0 Å². The first-order chi connectivity index (χ1) is 19.5. The minimum absolute atomic E-state index is 0.328. The van der Waals surface area contributed by atoms with Gasteiger partial charge in [-0.3, -0.25) is 19.2 Å². The van der Waals surface area contributed by atoms with E-state index in [1.54, 1.807) is 0 Å². The zero-order chi connectivity index (χ0) is 28.4. The molecule has 0 aromatic heterocycles. The van der Waals surface area contributed by atoms with E-state index in [0.29, 0.717) is 29.1 Å². The fourth-order valence-electron chi connectivity index (χ4n) is 6.98. The molecule has 0 aromatic carbocycles. The van der Waals surface area contributed by atoms with E-state index in [0.717, 1.165) is 89.9 Å². The third-order valence-electron chi connectivity index (χ3n) is 9.45. The minimum Gasteiger partial charge on any atom is -0.300 e. The van der Waals surface area contributed by atoms with Gasteiger partial charge in [0.05, 0.1) is 0 Å². The van der Waals surface area contributed by atoms with Gasteiger partial charge in [0.25, 0.3) is 0 Å². The molecule has 6 aliphatic rings. The van der Waals surface area contributed by atoms with E-state index in [1.165, 1.54) is 100 Å². The maximum absolute atomic E-state index is 11.7. The highest BCUT2D eigenvalue weighted by molar-refractivity contribution is 5.96. The molecule has 0 saturated heterocycles. The summed E-state index contributed by atoms with van der Waals surface area (Å²) in [6.45, 7) is 0. The van der Waals surface area contributed by atoms with Crippen molar-refractivity contribution in [3.05, 3.63) is 22.8 Å². The van der Waals surface area contributed by atoms with Crippen LogP contribution in [0.15, 0.2) is 22.8 Å². The molecule has 1 unspecified atom stereocenters. The lowest BCUT2D eigenvalue weighted by Gasteiger charge is -2.25. The predicted octanol–water partition coefficient (Wildman–Crippen LogP) is 9.68. The summed E-state index contributed by atoms with van der Waals surface area (Å²) in [4.78, 5) is 44.2. The molecule has 4 heteroatoms. The molecule has 40 heavy (non-hydrogen) atoms. The Bertz CT molecular complexity index is 846. The van der Waals surface area contributed by atoms with Crippen LogP contribution in [0.25, 0.3) is 0 Å². The van der Waals surface area contributed by atoms with E-state index >= 15 is 0 Å². The van der Waals surface area contributed by atoms with Crippen molar-refractivity contribution in [2.24, 2.45) is 5.92 Å². The summed E-state index contributed by atoms with van der Waals surface area (Å²) in [5.41, 5.74) is 4.21. The van der Waals surface area contributed by atoms with Crippen molar-refractivity contribution >= 4 is 23.1 Å². The Morgan fingerprint density at radius 1 is 0.450 bits per heavy atom. The van der Waals surface area contributed by atoms with Crippen molar-refractivity contribution in [2.75, 3.05) is 0 Å². The summed E-state index contributed by atoms with van der Waals surface area (Å²) in [7, 11) is 0. The average Bonchev–Trinajstić information content (AvgIpc) is 3.00. The molecule has 224 valence electrons. The molecule has 4 nitrogen and oxygen atoms in total. The van der Waals surface area contributed by atoms with Gasteiger partial charge in [0.1, 0.15) is 17.3 Å². The van der Waals surface area contributed by atoms with Gasteiger partial charge in [-0.2, -0.15) is 0 Å². The predicted molar refractivity (Wildman–Crippen MR) is 163 cm³/mol. The van der Waals surface area contributed by atoms with E-state index in [-0.39, 0.29) is 0 Å². The van der Waals surface area contributed by atoms with Gasteiger partial charge in [-0.05, 0) is 115 Å². The normalized spacial score (nSPS) is 25.8. The second-order valence-electron chi connectivity index (χ2n) is 12.8. The Kier molecular flexibility index (Phi) is 15.8. The van der Waals surface area contributed by atoms with Gasteiger partial charge < -0.3 is 0 Å². The third kappa shape index (κ3) is 12.4. The number of allylic oxidation sites excluding steroid dienone is 4. The van der Waals surface area contributed by atoms with Crippen molar-refractivity contribution in [2.45, 2.75) is 173 Å². The molecule has 0 N–H and O–H groups in total. The van der Waals surface area contributed by atoms with Crippen LogP contribution in [0.4, 0.5) is 0 Å². The van der Waals surface area contributed by atoms with Crippen LogP contribution < -0.4 is 0 Å². The number of hydrogen-bond acceptors (Lipinski definition) is 4. The van der Waals surface area contributed by atoms with Crippen LogP contribution in [0, 0.1) is 5.92 Å². The van der Waals surface area contributed by atoms with Crippen LogP contribution in [0.5, 0.6) is 0 Å². The number of ketones is 4. The van der Waals surface area contributed by atoms with Crippen molar-refractivity contribution < 1.29 is 19.2 Å². The monoisotopic (exact) mass is 552 g/mol. The molecular weight excluding hydrogens is 496 g/mol. The zero-order valence-electron chi connectivity index (χ0n) is 25.4. The first kappa shape index (κ1) is 32.7. The molecule has 5 saturated carbocycles. The largest absolute Gasteiger partial charge is 0.300 e. The SMILES string of the molecule is O=C1CCCCC1.O=C1CCCCC1.O=C1CCCCC1=C1CCCCC1.O=C1CCCCC1C1=CCCCC1. The Labute approximate surface area is 244 Å². The van der Waals surface area contributed by atoms with Gasteiger partial charge in [0, 0.05) is 44.4 Å². The Hall–Kier alpha value is -1.84. The summed E-state index contributed by atoms with van der Waals surface area (Å²) < 4.78 is 0. The lowest BCUT2D eigenvalue weighted by atomic mass is 9.79. The van der Waals surface area contributed by atoms with E-state index in [1.807, 2.05) is 0 Å². The number of carbonyl (C=O) groups excluding carboxylic acids is 4. The van der Waals surface area contributed by atoms with Crippen LogP contribution in [-0.2, 0) is 19.2 Å². The summed E-state index contributed by atoms with van der Waals surface area (Å²) in [5.74, 6) is 2.23. The highest BCUT2D eigenvalue weighted by atomic mass is 16.1. The van der Waals surface area contributed by atoms with Gasteiger partial charge in [-0.15, -0.1) is 0 Å². The molecule has 6 aliphatic carbocycles. The first-order valence-electron chi connectivity index (χ1n) is 17.0. The Morgan fingerprint density at radius 2 is 0.950 bits per heavy atom. The minimum atomic E-state index is 0.328. The number of rotatable bonds is 1. The molecule has 0 aliphatic heterocycles. The maximum Gasteiger partial charge on any atom is 0.158 e. The molecule has 0 radical (unpaired) electrons. The Balaban J connectivity index is 0.000000153. The van der Waals surface area contributed by atoms with Gasteiger partial charge in [0.15, 0.2) is 5.78 Å². The topological polar surface area (TPSA) is 68.3 Å². The van der Waals surface area contributed by atoms with Crippen LogP contribution in [0.1, 0.15) is 173 Å². The summed E-state index contributed by atoms with van der Waals surface area (Å²) >= 11 is 0. The smallest absolute Gasteiger partial charge is 0.158 e.